The predicted octanol–water partition coefficient (Wildman–Crippen LogP) is 2.16. The van der Waals surface area contributed by atoms with E-state index in [0.717, 1.165) is 23.1 Å². The highest BCUT2D eigenvalue weighted by atomic mass is 19.1. The molecule has 0 aromatic heterocycles. The lowest BCUT2D eigenvalue weighted by Crippen LogP contribution is -2.42. The van der Waals surface area contributed by atoms with Crippen molar-refractivity contribution in [1.82, 2.24) is 10.2 Å². The van der Waals surface area contributed by atoms with Crippen LogP contribution in [0.4, 0.5) is 13.6 Å². The van der Waals surface area contributed by atoms with Gasteiger partial charge in [-0.3, -0.25) is 9.69 Å². The quantitative estimate of drug-likeness (QED) is 0.848. The summed E-state index contributed by atoms with van der Waals surface area (Å²) in [6.07, 6.45) is -0.0344. The third kappa shape index (κ3) is 2.94. The first kappa shape index (κ1) is 16.4. The van der Waals surface area contributed by atoms with Gasteiger partial charge in [0.1, 0.15) is 17.2 Å². The van der Waals surface area contributed by atoms with Crippen LogP contribution < -0.4 is 5.32 Å². The van der Waals surface area contributed by atoms with Crippen LogP contribution in [0.25, 0.3) is 0 Å². The lowest BCUT2D eigenvalue weighted by Gasteiger charge is -2.23. The van der Waals surface area contributed by atoms with Crippen molar-refractivity contribution in [2.45, 2.75) is 32.4 Å². The molecule has 1 aromatic rings. The summed E-state index contributed by atoms with van der Waals surface area (Å²) >= 11 is 0. The molecule has 1 aromatic carbocycles. The van der Waals surface area contributed by atoms with Crippen molar-refractivity contribution in [3.8, 4) is 0 Å². The van der Waals surface area contributed by atoms with Crippen LogP contribution in [0.3, 0.4) is 0 Å². The molecule has 1 atom stereocenters. The first-order valence-electron chi connectivity index (χ1n) is 6.97. The van der Waals surface area contributed by atoms with E-state index in [9.17, 15) is 18.4 Å². The highest BCUT2D eigenvalue weighted by Gasteiger charge is 2.50. The van der Waals surface area contributed by atoms with Crippen molar-refractivity contribution in [2.24, 2.45) is 0 Å². The number of urea groups is 1. The van der Waals surface area contributed by atoms with Crippen LogP contribution >= 0.6 is 0 Å². The number of benzene rings is 1. The molecule has 1 aliphatic rings. The number of imide groups is 1. The molecule has 7 heteroatoms. The van der Waals surface area contributed by atoms with Crippen molar-refractivity contribution in [1.29, 1.82) is 0 Å². The number of hydrogen-bond donors (Lipinski definition) is 1. The van der Waals surface area contributed by atoms with Gasteiger partial charge in [-0.15, -0.1) is 0 Å². The molecule has 1 fully saturated rings. The average Bonchev–Trinajstić information content (AvgIpc) is 2.65. The molecule has 0 saturated carbocycles. The minimum atomic E-state index is -1.62. The summed E-state index contributed by atoms with van der Waals surface area (Å²) in [5.74, 6) is -2.06. The first-order chi connectivity index (χ1) is 10.3. The van der Waals surface area contributed by atoms with Crippen LogP contribution in [0.15, 0.2) is 18.2 Å². The van der Waals surface area contributed by atoms with Gasteiger partial charge in [0.05, 0.1) is 19.3 Å². The number of rotatable bonds is 5. The SMILES string of the molecule is CC(C)OCCN1C(=O)N[C@](C)(c2cc(F)ccc2F)C1=O. The molecule has 3 amide bonds. The minimum absolute atomic E-state index is 0.0344. The largest absolute Gasteiger partial charge is 0.377 e. The van der Waals surface area contributed by atoms with Gasteiger partial charge in [0.2, 0.25) is 0 Å². The van der Waals surface area contributed by atoms with Gasteiger partial charge in [-0.1, -0.05) is 0 Å². The van der Waals surface area contributed by atoms with Gasteiger partial charge in [0, 0.05) is 5.56 Å². The highest BCUT2D eigenvalue weighted by molar-refractivity contribution is 6.07. The number of ether oxygens (including phenoxy) is 1. The molecule has 1 saturated heterocycles. The number of hydrogen-bond acceptors (Lipinski definition) is 3. The third-order valence-corrected chi connectivity index (χ3v) is 3.51. The molecule has 0 spiro atoms. The molecule has 120 valence electrons. The summed E-state index contributed by atoms with van der Waals surface area (Å²) in [5.41, 5.74) is -1.82. The zero-order valence-corrected chi connectivity index (χ0v) is 12.7. The lowest BCUT2D eigenvalue weighted by atomic mass is 9.91. The number of nitrogens with zero attached hydrogens (tertiary/aromatic N) is 1. The second-order valence-corrected chi connectivity index (χ2v) is 5.56. The molecule has 0 radical (unpaired) electrons. The number of halogens is 2. The Balaban J connectivity index is 2.24. The summed E-state index contributed by atoms with van der Waals surface area (Å²) in [6.45, 7) is 5.25. The molecule has 0 aliphatic carbocycles. The van der Waals surface area contributed by atoms with E-state index in [-0.39, 0.29) is 24.8 Å². The van der Waals surface area contributed by atoms with Crippen LogP contribution in [0, 0.1) is 11.6 Å². The van der Waals surface area contributed by atoms with Crippen molar-refractivity contribution in [2.75, 3.05) is 13.2 Å². The van der Waals surface area contributed by atoms with Crippen LogP contribution in [0.2, 0.25) is 0 Å². The first-order valence-corrected chi connectivity index (χ1v) is 6.97. The smallest absolute Gasteiger partial charge is 0.325 e. The maximum atomic E-state index is 13.9. The fourth-order valence-electron chi connectivity index (χ4n) is 2.34. The monoisotopic (exact) mass is 312 g/mol. The standard InChI is InChI=1S/C15H18F2N2O3/c1-9(2)22-7-6-19-13(20)15(3,18-14(19)21)11-8-10(16)4-5-12(11)17/h4-5,8-9H,6-7H2,1-3H3,(H,18,21)/t15-/m1/s1. The van der Waals surface area contributed by atoms with Crippen molar-refractivity contribution in [3.05, 3.63) is 35.4 Å². The van der Waals surface area contributed by atoms with Gasteiger partial charge < -0.3 is 10.1 Å². The normalized spacial score (nSPS) is 21.6. The van der Waals surface area contributed by atoms with E-state index < -0.39 is 29.1 Å². The second kappa shape index (κ2) is 6.00. The maximum Gasteiger partial charge on any atom is 0.325 e. The third-order valence-electron chi connectivity index (χ3n) is 3.51. The number of carbonyl (C=O) groups is 2. The molecule has 0 unspecified atom stereocenters. The molecule has 0 bridgehead atoms. The fraction of sp³-hybridized carbons (Fsp3) is 0.467. The topological polar surface area (TPSA) is 58.6 Å². The maximum absolute atomic E-state index is 13.9. The zero-order chi connectivity index (χ0) is 16.5. The van der Waals surface area contributed by atoms with Crippen LogP contribution in [-0.2, 0) is 15.1 Å². The average molecular weight is 312 g/mol. The second-order valence-electron chi connectivity index (χ2n) is 5.56. The lowest BCUT2D eigenvalue weighted by molar-refractivity contribution is -0.131. The summed E-state index contributed by atoms with van der Waals surface area (Å²) in [4.78, 5) is 25.4. The van der Waals surface area contributed by atoms with E-state index >= 15 is 0 Å². The highest BCUT2D eigenvalue weighted by Crippen LogP contribution is 2.31. The molecule has 5 nitrogen and oxygen atoms in total. The Labute approximate surface area is 127 Å². The van der Waals surface area contributed by atoms with E-state index in [4.69, 9.17) is 4.74 Å². The van der Waals surface area contributed by atoms with Gasteiger partial charge in [0.25, 0.3) is 5.91 Å². The number of carbonyl (C=O) groups excluding carboxylic acids is 2. The molecule has 22 heavy (non-hydrogen) atoms. The Morgan fingerprint density at radius 2 is 2.00 bits per heavy atom. The summed E-state index contributed by atoms with van der Waals surface area (Å²) in [5, 5.41) is 2.43. The molecule has 1 aliphatic heterocycles. The van der Waals surface area contributed by atoms with Gasteiger partial charge >= 0.3 is 6.03 Å². The Hall–Kier alpha value is -2.02. The van der Waals surface area contributed by atoms with E-state index in [1.54, 1.807) is 0 Å². The van der Waals surface area contributed by atoms with Crippen LogP contribution in [0.1, 0.15) is 26.3 Å². The van der Waals surface area contributed by atoms with Gasteiger partial charge in [-0.2, -0.15) is 0 Å². The molecule has 1 heterocycles. The van der Waals surface area contributed by atoms with E-state index in [0.29, 0.717) is 0 Å². The van der Waals surface area contributed by atoms with Gasteiger partial charge in [0.15, 0.2) is 0 Å². The summed E-state index contributed by atoms with van der Waals surface area (Å²) in [6, 6.07) is 2.16. The van der Waals surface area contributed by atoms with Gasteiger partial charge in [-0.05, 0) is 39.0 Å². The fourth-order valence-corrected chi connectivity index (χ4v) is 2.34. The summed E-state index contributed by atoms with van der Waals surface area (Å²) in [7, 11) is 0. The van der Waals surface area contributed by atoms with Crippen molar-refractivity contribution in [3.63, 3.8) is 0 Å². The van der Waals surface area contributed by atoms with Crippen LogP contribution in [-0.4, -0.2) is 36.1 Å². The zero-order valence-electron chi connectivity index (χ0n) is 12.7. The molecular weight excluding hydrogens is 294 g/mol. The Bertz CT molecular complexity index is 606. The Kier molecular flexibility index (Phi) is 4.46. The van der Waals surface area contributed by atoms with Crippen molar-refractivity contribution < 1.29 is 23.1 Å². The van der Waals surface area contributed by atoms with E-state index in [2.05, 4.69) is 5.32 Å². The van der Waals surface area contributed by atoms with Gasteiger partial charge in [-0.25, -0.2) is 13.6 Å². The summed E-state index contributed by atoms with van der Waals surface area (Å²) < 4.78 is 32.6. The molecular formula is C15H18F2N2O3. The minimum Gasteiger partial charge on any atom is -0.377 e. The number of amides is 3. The van der Waals surface area contributed by atoms with E-state index in [1.165, 1.54) is 6.92 Å². The predicted molar refractivity (Wildman–Crippen MR) is 75.0 cm³/mol. The van der Waals surface area contributed by atoms with Crippen LogP contribution in [0.5, 0.6) is 0 Å². The molecule has 2 rings (SSSR count). The van der Waals surface area contributed by atoms with Crippen molar-refractivity contribution >= 4 is 11.9 Å². The number of nitrogens with one attached hydrogen (secondary N) is 1. The van der Waals surface area contributed by atoms with E-state index in [1.807, 2.05) is 13.8 Å². The Morgan fingerprint density at radius 3 is 2.64 bits per heavy atom. The molecule has 1 N–H and O–H groups in total. The Morgan fingerprint density at radius 1 is 1.32 bits per heavy atom.